The number of nitrogens with one attached hydrogen (secondary N) is 1. The maximum atomic E-state index is 13.0. The van der Waals surface area contributed by atoms with Crippen LogP contribution in [0.25, 0.3) is 0 Å². The van der Waals surface area contributed by atoms with Gasteiger partial charge in [0, 0.05) is 51.9 Å². The first-order chi connectivity index (χ1) is 14.1. The summed E-state index contributed by atoms with van der Waals surface area (Å²) in [6, 6.07) is 8.64. The molecule has 0 aromatic heterocycles. The minimum atomic E-state index is -0.372. The Morgan fingerprint density at radius 1 is 1.07 bits per heavy atom. The molecule has 2 amide bonds. The zero-order valence-corrected chi connectivity index (χ0v) is 17.6. The molecule has 3 fully saturated rings. The molecule has 2 aliphatic heterocycles. The molecule has 0 radical (unpaired) electrons. The van der Waals surface area contributed by atoms with Crippen LogP contribution in [0.4, 0.5) is 0 Å². The summed E-state index contributed by atoms with van der Waals surface area (Å²) in [6.07, 6.45) is 5.59. The van der Waals surface area contributed by atoms with Crippen molar-refractivity contribution in [1.82, 2.24) is 20.0 Å². The van der Waals surface area contributed by atoms with Gasteiger partial charge >= 0.3 is 0 Å². The van der Waals surface area contributed by atoms with Crippen molar-refractivity contribution in [3.8, 4) is 0 Å². The number of benzene rings is 1. The lowest BCUT2D eigenvalue weighted by Gasteiger charge is -2.40. The minimum absolute atomic E-state index is 0.0113. The van der Waals surface area contributed by atoms with Crippen molar-refractivity contribution in [3.05, 3.63) is 35.4 Å². The molecule has 1 N–H and O–H groups in total. The Kier molecular flexibility index (Phi) is 6.50. The molecule has 1 atom stereocenters. The summed E-state index contributed by atoms with van der Waals surface area (Å²) in [5.41, 5.74) is 2.46. The number of hydrogen-bond donors (Lipinski definition) is 1. The highest BCUT2D eigenvalue weighted by Gasteiger charge is 2.34. The quantitative estimate of drug-likeness (QED) is 0.821. The first-order valence-electron chi connectivity index (χ1n) is 11.2. The lowest BCUT2D eigenvalue weighted by atomic mass is 10.0. The van der Waals surface area contributed by atoms with E-state index in [1.807, 2.05) is 17.0 Å². The summed E-state index contributed by atoms with van der Waals surface area (Å²) < 4.78 is 0. The monoisotopic (exact) mass is 398 g/mol. The number of aryl methyl sites for hydroxylation is 1. The smallest absolute Gasteiger partial charge is 0.237 e. The van der Waals surface area contributed by atoms with Crippen LogP contribution < -0.4 is 5.32 Å². The number of hydrogen-bond acceptors (Lipinski definition) is 4. The van der Waals surface area contributed by atoms with Gasteiger partial charge in [-0.05, 0) is 30.9 Å². The third-order valence-corrected chi connectivity index (χ3v) is 6.95. The zero-order chi connectivity index (χ0) is 20.2. The van der Waals surface area contributed by atoms with Crippen LogP contribution in [0.5, 0.6) is 0 Å². The van der Waals surface area contributed by atoms with Gasteiger partial charge in [-0.1, -0.05) is 37.1 Å². The van der Waals surface area contributed by atoms with Crippen molar-refractivity contribution in [3.63, 3.8) is 0 Å². The number of carbonyl (C=O) groups excluding carboxylic acids is 2. The van der Waals surface area contributed by atoms with E-state index in [-0.39, 0.29) is 24.3 Å². The third-order valence-electron chi connectivity index (χ3n) is 6.95. The fourth-order valence-electron chi connectivity index (χ4n) is 5.08. The van der Waals surface area contributed by atoms with Crippen LogP contribution in [-0.2, 0) is 16.1 Å². The molecule has 1 aliphatic carbocycles. The Morgan fingerprint density at radius 2 is 1.79 bits per heavy atom. The van der Waals surface area contributed by atoms with Gasteiger partial charge < -0.3 is 10.2 Å². The molecule has 6 nitrogen and oxygen atoms in total. The van der Waals surface area contributed by atoms with Crippen LogP contribution in [0, 0.1) is 6.92 Å². The lowest BCUT2D eigenvalue weighted by Crippen LogP contribution is -2.57. The first-order valence-corrected chi connectivity index (χ1v) is 11.2. The van der Waals surface area contributed by atoms with Gasteiger partial charge in [0.05, 0.1) is 12.5 Å². The number of nitrogens with zero attached hydrogens (tertiary/aromatic N) is 3. The molecule has 0 bridgehead atoms. The van der Waals surface area contributed by atoms with Gasteiger partial charge in [-0.15, -0.1) is 0 Å². The lowest BCUT2D eigenvalue weighted by molar-refractivity contribution is -0.140. The third kappa shape index (κ3) is 4.81. The van der Waals surface area contributed by atoms with Crippen LogP contribution in [-0.4, -0.2) is 77.9 Å². The maximum Gasteiger partial charge on any atom is 0.237 e. The molecule has 1 aromatic carbocycles. The summed E-state index contributed by atoms with van der Waals surface area (Å²) in [5, 5.41) is 2.96. The Labute approximate surface area is 174 Å². The Balaban J connectivity index is 1.35. The molecule has 4 rings (SSSR count). The average molecular weight is 399 g/mol. The minimum Gasteiger partial charge on any atom is -0.353 e. The Hall–Kier alpha value is -1.92. The molecule has 3 aliphatic rings. The van der Waals surface area contributed by atoms with E-state index in [9.17, 15) is 9.59 Å². The number of rotatable bonds is 5. The molecular weight excluding hydrogens is 364 g/mol. The summed E-state index contributed by atoms with van der Waals surface area (Å²) >= 11 is 0. The predicted octanol–water partition coefficient (Wildman–Crippen LogP) is 1.77. The summed E-state index contributed by atoms with van der Waals surface area (Å²) in [6.45, 7) is 7.78. The van der Waals surface area contributed by atoms with E-state index in [1.54, 1.807) is 0 Å². The van der Waals surface area contributed by atoms with Gasteiger partial charge in [0.1, 0.15) is 0 Å². The van der Waals surface area contributed by atoms with Crippen molar-refractivity contribution in [2.75, 3.05) is 39.3 Å². The molecule has 0 spiro atoms. The molecular formula is C23H34N4O2. The van der Waals surface area contributed by atoms with E-state index in [2.05, 4.69) is 34.2 Å². The fraction of sp³-hybridized carbons (Fsp3) is 0.652. The molecule has 1 saturated carbocycles. The SMILES string of the molecule is Cc1ccccc1CN1CCNC(=O)C1CC(=O)N1CCN(C2CCCC2)CC1. The van der Waals surface area contributed by atoms with E-state index in [0.717, 1.165) is 38.8 Å². The fourth-order valence-corrected chi connectivity index (χ4v) is 5.08. The van der Waals surface area contributed by atoms with E-state index >= 15 is 0 Å². The molecule has 2 saturated heterocycles. The van der Waals surface area contributed by atoms with Gasteiger partial charge in [0.2, 0.25) is 11.8 Å². The van der Waals surface area contributed by atoms with E-state index in [0.29, 0.717) is 13.1 Å². The molecule has 1 aromatic rings. The highest BCUT2D eigenvalue weighted by Crippen LogP contribution is 2.25. The van der Waals surface area contributed by atoms with Crippen LogP contribution in [0.2, 0.25) is 0 Å². The average Bonchev–Trinajstić information content (AvgIpc) is 3.27. The van der Waals surface area contributed by atoms with Gasteiger partial charge in [0.15, 0.2) is 0 Å². The van der Waals surface area contributed by atoms with Crippen molar-refractivity contribution in [1.29, 1.82) is 0 Å². The molecule has 6 heteroatoms. The van der Waals surface area contributed by atoms with Gasteiger partial charge in [0.25, 0.3) is 0 Å². The predicted molar refractivity (Wildman–Crippen MR) is 113 cm³/mol. The van der Waals surface area contributed by atoms with Gasteiger partial charge in [-0.2, -0.15) is 0 Å². The summed E-state index contributed by atoms with van der Waals surface area (Å²) in [4.78, 5) is 32.3. The van der Waals surface area contributed by atoms with E-state index < -0.39 is 0 Å². The maximum absolute atomic E-state index is 13.0. The van der Waals surface area contributed by atoms with Gasteiger partial charge in [-0.25, -0.2) is 0 Å². The first kappa shape index (κ1) is 20.4. The van der Waals surface area contributed by atoms with Gasteiger partial charge in [-0.3, -0.25) is 19.4 Å². The highest BCUT2D eigenvalue weighted by molar-refractivity contribution is 5.88. The molecule has 1 unspecified atom stereocenters. The van der Waals surface area contributed by atoms with E-state index in [1.165, 1.54) is 36.8 Å². The standard InChI is InChI=1S/C23H34N4O2/c1-18-6-2-3-7-19(18)17-27-11-10-24-23(29)21(27)16-22(28)26-14-12-25(13-15-26)20-8-4-5-9-20/h2-3,6-7,20-21H,4-5,8-17H2,1H3,(H,24,29). The van der Waals surface area contributed by atoms with E-state index in [4.69, 9.17) is 0 Å². The topological polar surface area (TPSA) is 55.9 Å². The van der Waals surface area contributed by atoms with Crippen molar-refractivity contribution >= 4 is 11.8 Å². The van der Waals surface area contributed by atoms with Crippen molar-refractivity contribution < 1.29 is 9.59 Å². The zero-order valence-electron chi connectivity index (χ0n) is 17.6. The van der Waals surface area contributed by atoms with Crippen LogP contribution >= 0.6 is 0 Å². The summed E-state index contributed by atoms with van der Waals surface area (Å²) in [5.74, 6) is 0.107. The largest absolute Gasteiger partial charge is 0.353 e. The highest BCUT2D eigenvalue weighted by atomic mass is 16.2. The molecule has 158 valence electrons. The Bertz CT molecular complexity index is 723. The normalized spacial score (nSPS) is 24.7. The second-order valence-electron chi connectivity index (χ2n) is 8.76. The second-order valence-corrected chi connectivity index (χ2v) is 8.76. The number of carbonyl (C=O) groups is 2. The van der Waals surface area contributed by atoms with Crippen LogP contribution in [0.1, 0.15) is 43.2 Å². The molecule has 2 heterocycles. The second kappa shape index (κ2) is 9.26. The van der Waals surface area contributed by atoms with Crippen molar-refractivity contribution in [2.45, 2.75) is 57.7 Å². The summed E-state index contributed by atoms with van der Waals surface area (Å²) in [7, 11) is 0. The van der Waals surface area contributed by atoms with Crippen LogP contribution in [0.15, 0.2) is 24.3 Å². The van der Waals surface area contributed by atoms with Crippen LogP contribution in [0.3, 0.4) is 0 Å². The van der Waals surface area contributed by atoms with Crippen molar-refractivity contribution in [2.24, 2.45) is 0 Å². The Morgan fingerprint density at radius 3 is 2.52 bits per heavy atom. The molecule has 29 heavy (non-hydrogen) atoms. The number of piperazine rings is 2. The number of amides is 2.